The van der Waals surface area contributed by atoms with Gasteiger partial charge in [-0.3, -0.25) is 4.79 Å². The molecule has 0 aliphatic heterocycles. The third-order valence-corrected chi connectivity index (χ3v) is 6.60. The lowest BCUT2D eigenvalue weighted by molar-refractivity contribution is -0.121. The maximum Gasteiger partial charge on any atom is 0.255 e. The van der Waals surface area contributed by atoms with Crippen molar-refractivity contribution in [2.75, 3.05) is 6.54 Å². The van der Waals surface area contributed by atoms with Gasteiger partial charge in [0.15, 0.2) is 0 Å². The van der Waals surface area contributed by atoms with Crippen LogP contribution in [-0.4, -0.2) is 36.5 Å². The summed E-state index contributed by atoms with van der Waals surface area (Å²) in [5, 5.41) is 13.2. The molecule has 160 valence electrons. The van der Waals surface area contributed by atoms with Crippen LogP contribution in [0.3, 0.4) is 0 Å². The van der Waals surface area contributed by atoms with Crippen LogP contribution < -0.4 is 5.43 Å². The van der Waals surface area contributed by atoms with E-state index in [0.29, 0.717) is 5.56 Å². The lowest BCUT2D eigenvalue weighted by atomic mass is 10.2. The van der Waals surface area contributed by atoms with Crippen LogP contribution in [0.4, 0.5) is 0 Å². The van der Waals surface area contributed by atoms with Gasteiger partial charge in [0.2, 0.25) is 10.0 Å². The van der Waals surface area contributed by atoms with Gasteiger partial charge in [0.25, 0.3) is 5.91 Å². The van der Waals surface area contributed by atoms with Crippen LogP contribution >= 0.6 is 15.9 Å². The number of aromatic hydroxyl groups is 1. The van der Waals surface area contributed by atoms with E-state index >= 15 is 0 Å². The van der Waals surface area contributed by atoms with Crippen molar-refractivity contribution in [2.45, 2.75) is 11.4 Å². The third-order valence-electron chi connectivity index (χ3n) is 4.27. The second-order valence-corrected chi connectivity index (χ2v) is 9.45. The van der Waals surface area contributed by atoms with Gasteiger partial charge in [-0.1, -0.05) is 46.3 Å². The Kier molecular flexibility index (Phi) is 7.56. The maximum atomic E-state index is 13.1. The zero-order chi connectivity index (χ0) is 22.3. The molecule has 7 nitrogen and oxygen atoms in total. The molecule has 0 aromatic heterocycles. The number of hydrogen-bond acceptors (Lipinski definition) is 5. The van der Waals surface area contributed by atoms with Gasteiger partial charge < -0.3 is 5.11 Å². The molecular weight excluding hydrogens is 482 g/mol. The van der Waals surface area contributed by atoms with Crippen molar-refractivity contribution in [3.05, 3.63) is 94.5 Å². The summed E-state index contributed by atoms with van der Waals surface area (Å²) in [4.78, 5) is 12.5. The molecule has 3 aromatic rings. The summed E-state index contributed by atoms with van der Waals surface area (Å²) in [5.41, 5.74) is 3.76. The predicted octanol–water partition coefficient (Wildman–Crippen LogP) is 3.50. The van der Waals surface area contributed by atoms with E-state index in [-0.39, 0.29) is 17.2 Å². The molecule has 9 heteroatoms. The molecule has 0 atom stereocenters. The van der Waals surface area contributed by atoms with Crippen LogP contribution in [0.2, 0.25) is 0 Å². The van der Waals surface area contributed by atoms with E-state index in [0.717, 1.165) is 14.3 Å². The number of phenolic OH excluding ortho intramolecular Hbond substituents is 1. The summed E-state index contributed by atoms with van der Waals surface area (Å²) in [6.07, 6.45) is 1.40. The van der Waals surface area contributed by atoms with Crippen LogP contribution in [-0.2, 0) is 21.4 Å². The molecule has 0 spiro atoms. The highest BCUT2D eigenvalue weighted by Gasteiger charge is 2.26. The number of nitrogens with zero attached hydrogens (tertiary/aromatic N) is 2. The Morgan fingerprint density at radius 3 is 2.29 bits per heavy atom. The average Bonchev–Trinajstić information content (AvgIpc) is 2.77. The van der Waals surface area contributed by atoms with Crippen LogP contribution in [0.15, 0.2) is 93.3 Å². The van der Waals surface area contributed by atoms with E-state index in [1.165, 1.54) is 30.5 Å². The number of nitrogens with one attached hydrogen (secondary N) is 1. The van der Waals surface area contributed by atoms with Gasteiger partial charge in [0.1, 0.15) is 5.75 Å². The molecule has 0 bridgehead atoms. The Bertz CT molecular complexity index is 1150. The molecule has 0 saturated carbocycles. The van der Waals surface area contributed by atoms with Crippen molar-refractivity contribution in [3.8, 4) is 5.75 Å². The van der Waals surface area contributed by atoms with Gasteiger partial charge >= 0.3 is 0 Å². The Hall–Kier alpha value is -3.01. The molecule has 0 saturated heterocycles. The Labute approximate surface area is 189 Å². The zero-order valence-electron chi connectivity index (χ0n) is 16.3. The first-order valence-corrected chi connectivity index (χ1v) is 11.5. The number of sulfonamides is 1. The SMILES string of the molecule is O=C(CN(Cc1ccc(Br)cc1)S(=O)(=O)c1ccccc1)N/N=C\c1ccc(O)cc1. The standard InChI is InChI=1S/C22H20BrN3O4S/c23-19-10-6-18(7-11-19)15-26(31(29,30)21-4-2-1-3-5-21)16-22(28)25-24-14-17-8-12-20(27)13-9-17/h1-14,27H,15-16H2,(H,25,28)/b24-14-. The van der Waals surface area contributed by atoms with E-state index in [1.807, 2.05) is 12.1 Å². The third kappa shape index (κ3) is 6.48. The molecule has 31 heavy (non-hydrogen) atoms. The number of phenols is 1. The Morgan fingerprint density at radius 1 is 1.00 bits per heavy atom. The first-order valence-electron chi connectivity index (χ1n) is 9.25. The quantitative estimate of drug-likeness (QED) is 0.364. The molecule has 0 fully saturated rings. The van der Waals surface area contributed by atoms with E-state index in [9.17, 15) is 18.3 Å². The minimum atomic E-state index is -3.91. The number of carbonyl (C=O) groups is 1. The molecular formula is C22H20BrN3O4S. The molecule has 1 amide bonds. The monoisotopic (exact) mass is 501 g/mol. The van der Waals surface area contributed by atoms with Crippen molar-refractivity contribution in [1.82, 2.24) is 9.73 Å². The minimum Gasteiger partial charge on any atom is -0.508 e. The topological polar surface area (TPSA) is 99.1 Å². The van der Waals surface area contributed by atoms with Crippen LogP contribution in [0, 0.1) is 0 Å². The van der Waals surface area contributed by atoms with Gasteiger partial charge in [0.05, 0.1) is 17.7 Å². The summed E-state index contributed by atoms with van der Waals surface area (Å²) in [7, 11) is -3.91. The maximum absolute atomic E-state index is 13.1. The highest BCUT2D eigenvalue weighted by atomic mass is 79.9. The zero-order valence-corrected chi connectivity index (χ0v) is 18.8. The van der Waals surface area contributed by atoms with Crippen molar-refractivity contribution < 1.29 is 18.3 Å². The summed E-state index contributed by atoms with van der Waals surface area (Å²) in [6.45, 7) is -0.375. The Balaban J connectivity index is 1.76. The molecule has 2 N–H and O–H groups in total. The first-order chi connectivity index (χ1) is 14.8. The largest absolute Gasteiger partial charge is 0.508 e. The number of rotatable bonds is 8. The van der Waals surface area contributed by atoms with Gasteiger partial charge in [0, 0.05) is 11.0 Å². The number of amides is 1. The molecule has 0 radical (unpaired) electrons. The second kappa shape index (κ2) is 10.3. The van der Waals surface area contributed by atoms with Crippen LogP contribution in [0.5, 0.6) is 5.75 Å². The summed E-state index contributed by atoms with van der Waals surface area (Å²) in [6, 6.07) is 21.4. The van der Waals surface area contributed by atoms with Crippen LogP contribution in [0.25, 0.3) is 0 Å². The fraction of sp³-hybridized carbons (Fsp3) is 0.0909. The Morgan fingerprint density at radius 2 is 1.65 bits per heavy atom. The lowest BCUT2D eigenvalue weighted by Crippen LogP contribution is -2.39. The van der Waals surface area contributed by atoms with E-state index < -0.39 is 22.5 Å². The normalized spacial score (nSPS) is 11.7. The highest BCUT2D eigenvalue weighted by molar-refractivity contribution is 9.10. The smallest absolute Gasteiger partial charge is 0.255 e. The molecule has 0 aliphatic rings. The number of hydrogen-bond donors (Lipinski definition) is 2. The van der Waals surface area contributed by atoms with E-state index in [4.69, 9.17) is 0 Å². The summed E-state index contributed by atoms with van der Waals surface area (Å²) >= 11 is 3.35. The molecule has 3 aromatic carbocycles. The van der Waals surface area contributed by atoms with E-state index in [1.54, 1.807) is 42.5 Å². The fourth-order valence-electron chi connectivity index (χ4n) is 2.70. The van der Waals surface area contributed by atoms with Crippen molar-refractivity contribution >= 4 is 38.1 Å². The number of carbonyl (C=O) groups excluding carboxylic acids is 1. The van der Waals surface area contributed by atoms with E-state index in [2.05, 4.69) is 26.5 Å². The number of benzene rings is 3. The average molecular weight is 502 g/mol. The van der Waals surface area contributed by atoms with Gasteiger partial charge in [-0.05, 0) is 59.7 Å². The van der Waals surface area contributed by atoms with Crippen LogP contribution in [0.1, 0.15) is 11.1 Å². The minimum absolute atomic E-state index is 0.0274. The fourth-order valence-corrected chi connectivity index (χ4v) is 4.37. The van der Waals surface area contributed by atoms with Gasteiger partial charge in [-0.25, -0.2) is 13.8 Å². The highest BCUT2D eigenvalue weighted by Crippen LogP contribution is 2.19. The van der Waals surface area contributed by atoms with Crippen molar-refractivity contribution in [3.63, 3.8) is 0 Å². The molecule has 0 aliphatic carbocycles. The summed E-state index contributed by atoms with van der Waals surface area (Å²) < 4.78 is 28.3. The predicted molar refractivity (Wildman–Crippen MR) is 122 cm³/mol. The molecule has 0 heterocycles. The van der Waals surface area contributed by atoms with Gasteiger partial charge in [-0.2, -0.15) is 9.41 Å². The molecule has 3 rings (SSSR count). The molecule has 0 unspecified atom stereocenters. The van der Waals surface area contributed by atoms with Crippen molar-refractivity contribution in [1.29, 1.82) is 0 Å². The number of hydrazone groups is 1. The second-order valence-electron chi connectivity index (χ2n) is 6.60. The summed E-state index contributed by atoms with van der Waals surface area (Å²) in [5.74, 6) is -0.456. The first kappa shape index (κ1) is 22.7. The number of halogens is 1. The lowest BCUT2D eigenvalue weighted by Gasteiger charge is -2.21. The van der Waals surface area contributed by atoms with Gasteiger partial charge in [-0.15, -0.1) is 0 Å². The van der Waals surface area contributed by atoms with Crippen molar-refractivity contribution in [2.24, 2.45) is 5.10 Å².